The van der Waals surface area contributed by atoms with Gasteiger partial charge >= 0.3 is 5.97 Å². The molecule has 2 aromatic carbocycles. The van der Waals surface area contributed by atoms with E-state index in [1.54, 1.807) is 6.08 Å². The van der Waals surface area contributed by atoms with Crippen molar-refractivity contribution in [2.45, 2.75) is 25.0 Å². The molecule has 0 radical (unpaired) electrons. The lowest BCUT2D eigenvalue weighted by Gasteiger charge is -2.25. The van der Waals surface area contributed by atoms with E-state index < -0.39 is 5.97 Å². The van der Waals surface area contributed by atoms with Crippen molar-refractivity contribution in [2.75, 3.05) is 52.9 Å². The predicted octanol–water partition coefficient (Wildman–Crippen LogP) is 2.54. The van der Waals surface area contributed by atoms with Crippen LogP contribution in [0.1, 0.15) is 11.1 Å². The molecule has 0 saturated carbocycles. The Kier molecular flexibility index (Phi) is 6.78. The largest absolute Gasteiger partial charge is 0.490 e. The van der Waals surface area contributed by atoms with Gasteiger partial charge in [-0.05, 0) is 6.42 Å². The molecule has 2 aliphatic heterocycles. The molecule has 1 N–H and O–H groups in total. The summed E-state index contributed by atoms with van der Waals surface area (Å²) in [6.07, 6.45) is 2.94. The van der Waals surface area contributed by atoms with Crippen molar-refractivity contribution in [3.8, 4) is 11.5 Å². The number of epoxide rings is 2. The molecule has 2 fully saturated rings. The summed E-state index contributed by atoms with van der Waals surface area (Å²) >= 11 is 0. The van der Waals surface area contributed by atoms with E-state index in [2.05, 4.69) is 0 Å². The summed E-state index contributed by atoms with van der Waals surface area (Å²) < 4.78 is 34.0. The summed E-state index contributed by atoms with van der Waals surface area (Å²) in [5.74, 6) is 0.556. The fourth-order valence-electron chi connectivity index (χ4n) is 4.03. The average molecular weight is 456 g/mol. The van der Waals surface area contributed by atoms with Crippen LogP contribution in [0.15, 0.2) is 35.9 Å². The van der Waals surface area contributed by atoms with E-state index in [1.807, 2.05) is 24.3 Å². The molecule has 0 amide bonds. The maximum Gasteiger partial charge on any atom is 0.331 e. The van der Waals surface area contributed by atoms with Crippen molar-refractivity contribution >= 4 is 16.7 Å². The van der Waals surface area contributed by atoms with E-state index >= 15 is 0 Å². The molecule has 8 nitrogen and oxygen atoms in total. The third-order valence-electron chi connectivity index (χ3n) is 5.88. The Balaban J connectivity index is 1.38. The van der Waals surface area contributed by atoms with Crippen molar-refractivity contribution in [3.63, 3.8) is 0 Å². The first kappa shape index (κ1) is 22.2. The lowest BCUT2D eigenvalue weighted by atomic mass is 9.87. The number of fused-ring (bicyclic) bond motifs is 2. The zero-order chi connectivity index (χ0) is 22.6. The molecular weight excluding hydrogens is 428 g/mol. The molecule has 3 aliphatic rings. The second kappa shape index (κ2) is 10.1. The van der Waals surface area contributed by atoms with Gasteiger partial charge in [0.1, 0.15) is 36.9 Å². The van der Waals surface area contributed by atoms with E-state index in [4.69, 9.17) is 28.4 Å². The van der Waals surface area contributed by atoms with Crippen molar-refractivity contribution < 1.29 is 38.3 Å². The SMILES string of the molecule is O=C(O)C1=CCc2c(c(OCCOCC3CO3)c3ccccc3c2OCCOCC2CO2)C1. The van der Waals surface area contributed by atoms with Crippen LogP contribution in [0.25, 0.3) is 10.8 Å². The van der Waals surface area contributed by atoms with Crippen LogP contribution in [0.3, 0.4) is 0 Å². The molecule has 2 aromatic rings. The summed E-state index contributed by atoms with van der Waals surface area (Å²) in [4.78, 5) is 11.7. The van der Waals surface area contributed by atoms with Crippen molar-refractivity contribution in [1.82, 2.24) is 0 Å². The third kappa shape index (κ3) is 5.47. The Bertz CT molecular complexity index is 1040. The van der Waals surface area contributed by atoms with E-state index in [0.717, 1.165) is 40.9 Å². The van der Waals surface area contributed by atoms with Gasteiger partial charge in [0, 0.05) is 33.9 Å². The van der Waals surface area contributed by atoms with Crippen LogP contribution < -0.4 is 9.47 Å². The van der Waals surface area contributed by atoms with Crippen LogP contribution >= 0.6 is 0 Å². The van der Waals surface area contributed by atoms with E-state index in [0.29, 0.717) is 57.4 Å². The number of benzene rings is 2. The number of carboxylic acid groups (broad SMARTS) is 1. The maximum atomic E-state index is 11.7. The van der Waals surface area contributed by atoms with Gasteiger partial charge in [0.05, 0.1) is 39.6 Å². The summed E-state index contributed by atoms with van der Waals surface area (Å²) in [6.45, 7) is 4.32. The molecule has 2 unspecified atom stereocenters. The van der Waals surface area contributed by atoms with Crippen LogP contribution in [0.4, 0.5) is 0 Å². The first-order valence-electron chi connectivity index (χ1n) is 11.3. The fraction of sp³-hybridized carbons (Fsp3) is 0.480. The second-order valence-electron chi connectivity index (χ2n) is 8.33. The summed E-state index contributed by atoms with van der Waals surface area (Å²) in [6, 6.07) is 7.90. The summed E-state index contributed by atoms with van der Waals surface area (Å²) in [7, 11) is 0. The second-order valence-corrected chi connectivity index (χ2v) is 8.33. The molecule has 8 heteroatoms. The van der Waals surface area contributed by atoms with Crippen LogP contribution in [0.5, 0.6) is 11.5 Å². The van der Waals surface area contributed by atoms with Gasteiger partial charge in [0.25, 0.3) is 0 Å². The van der Waals surface area contributed by atoms with Gasteiger partial charge in [-0.25, -0.2) is 4.79 Å². The minimum absolute atomic E-state index is 0.207. The van der Waals surface area contributed by atoms with E-state index in [1.165, 1.54) is 0 Å². The normalized spacial score (nSPS) is 20.8. The third-order valence-corrected chi connectivity index (χ3v) is 5.88. The Morgan fingerprint density at radius 1 is 0.879 bits per heavy atom. The minimum atomic E-state index is -0.911. The molecule has 1 aliphatic carbocycles. The molecule has 2 heterocycles. The van der Waals surface area contributed by atoms with Gasteiger partial charge in [-0.15, -0.1) is 0 Å². The first-order chi connectivity index (χ1) is 16.2. The minimum Gasteiger partial charge on any atom is -0.490 e. The predicted molar refractivity (Wildman–Crippen MR) is 119 cm³/mol. The van der Waals surface area contributed by atoms with Gasteiger partial charge in [-0.2, -0.15) is 0 Å². The Hall–Kier alpha value is -2.65. The van der Waals surface area contributed by atoms with Crippen LogP contribution in [-0.2, 0) is 36.6 Å². The van der Waals surface area contributed by atoms with Crippen molar-refractivity contribution in [1.29, 1.82) is 0 Å². The summed E-state index contributed by atoms with van der Waals surface area (Å²) in [5, 5.41) is 11.4. The fourth-order valence-corrected chi connectivity index (χ4v) is 4.03. The molecular formula is C25H28O8. The standard InChI is InChI=1S/C25H28O8/c26-25(27)16-5-6-21-22(11-16)24(31-10-8-29-13-18-15-33-18)20-4-2-1-3-19(20)23(21)30-9-7-28-12-17-14-32-17/h1-5,17-18H,6-15H2,(H,26,27). The topological polar surface area (TPSA) is 99.3 Å². The van der Waals surface area contributed by atoms with Crippen molar-refractivity contribution in [2.24, 2.45) is 0 Å². The highest BCUT2D eigenvalue weighted by Gasteiger charge is 2.27. The van der Waals surface area contributed by atoms with Gasteiger partial charge in [-0.1, -0.05) is 30.3 Å². The number of rotatable bonds is 13. The number of hydrogen-bond acceptors (Lipinski definition) is 7. The van der Waals surface area contributed by atoms with Gasteiger partial charge in [-0.3, -0.25) is 0 Å². The molecule has 0 spiro atoms. The number of ether oxygens (including phenoxy) is 6. The number of carboxylic acids is 1. The highest BCUT2D eigenvalue weighted by Crippen LogP contribution is 2.44. The van der Waals surface area contributed by atoms with Gasteiger partial charge in [0.15, 0.2) is 0 Å². The lowest BCUT2D eigenvalue weighted by molar-refractivity contribution is -0.132. The van der Waals surface area contributed by atoms with Crippen molar-refractivity contribution in [3.05, 3.63) is 47.0 Å². The van der Waals surface area contributed by atoms with E-state index in [-0.39, 0.29) is 18.6 Å². The molecule has 0 bridgehead atoms. The maximum absolute atomic E-state index is 11.7. The highest BCUT2D eigenvalue weighted by molar-refractivity contribution is 5.97. The number of hydrogen-bond donors (Lipinski definition) is 1. The van der Waals surface area contributed by atoms with Crippen LogP contribution in [0, 0.1) is 0 Å². The molecule has 176 valence electrons. The number of carbonyl (C=O) groups is 1. The number of allylic oxidation sites excluding steroid dienone is 1. The lowest BCUT2D eigenvalue weighted by Crippen LogP contribution is -2.17. The van der Waals surface area contributed by atoms with Gasteiger partial charge < -0.3 is 33.5 Å². The van der Waals surface area contributed by atoms with Crippen LogP contribution in [0.2, 0.25) is 0 Å². The Labute approximate surface area is 192 Å². The zero-order valence-electron chi connectivity index (χ0n) is 18.4. The average Bonchev–Trinajstić information content (AvgIpc) is 3.74. The molecule has 2 atom stereocenters. The molecule has 2 saturated heterocycles. The monoisotopic (exact) mass is 456 g/mol. The molecule has 0 aromatic heterocycles. The Morgan fingerprint density at radius 2 is 1.42 bits per heavy atom. The smallest absolute Gasteiger partial charge is 0.331 e. The van der Waals surface area contributed by atoms with Crippen LogP contribution in [-0.4, -0.2) is 76.1 Å². The van der Waals surface area contributed by atoms with E-state index in [9.17, 15) is 9.90 Å². The first-order valence-corrected chi connectivity index (χ1v) is 11.3. The Morgan fingerprint density at radius 3 is 1.94 bits per heavy atom. The molecule has 5 rings (SSSR count). The summed E-state index contributed by atoms with van der Waals surface area (Å²) in [5.41, 5.74) is 2.19. The zero-order valence-corrected chi connectivity index (χ0v) is 18.4. The van der Waals surface area contributed by atoms with Gasteiger partial charge in [0.2, 0.25) is 0 Å². The highest BCUT2D eigenvalue weighted by atomic mass is 16.6. The quantitative estimate of drug-likeness (QED) is 0.363. The number of aliphatic carboxylic acids is 1. The molecule has 33 heavy (non-hydrogen) atoms.